The van der Waals surface area contributed by atoms with Crippen molar-refractivity contribution in [3.05, 3.63) is 54.1 Å². The zero-order valence-electron chi connectivity index (χ0n) is 18.1. The molecule has 0 radical (unpaired) electrons. The number of piperidine rings is 1. The highest BCUT2D eigenvalue weighted by Crippen LogP contribution is 2.35. The summed E-state index contributed by atoms with van der Waals surface area (Å²) >= 11 is 0. The number of methoxy groups -OCH3 is 1. The first-order valence-corrected chi connectivity index (χ1v) is 10.6. The second-order valence-electron chi connectivity index (χ2n) is 7.60. The van der Waals surface area contributed by atoms with E-state index in [9.17, 15) is 4.79 Å². The highest BCUT2D eigenvalue weighted by Gasteiger charge is 2.30. The number of benzene rings is 2. The molecule has 1 N–H and O–H groups in total. The Morgan fingerprint density at radius 2 is 1.67 bits per heavy atom. The first kappa shape index (κ1) is 22.0. The number of rotatable bonds is 9. The standard InChI is InChI=1S/C24H32N2O4/c1-4-29-21-11-13-22(14-12-21)30-17-23(27)25-16-19-6-5-15-26(2)24(19)18-7-9-20(28-3)10-8-18/h7-14,19,24H,4-6,15-17H2,1-3H3,(H,25,27). The van der Waals surface area contributed by atoms with Gasteiger partial charge in [0.1, 0.15) is 17.2 Å². The fourth-order valence-corrected chi connectivity index (χ4v) is 4.04. The molecular formula is C24H32N2O4. The van der Waals surface area contributed by atoms with Crippen LogP contribution in [-0.4, -0.2) is 51.3 Å². The van der Waals surface area contributed by atoms with Gasteiger partial charge >= 0.3 is 0 Å². The molecule has 0 saturated carbocycles. The van der Waals surface area contributed by atoms with Gasteiger partial charge < -0.3 is 19.5 Å². The Hall–Kier alpha value is -2.73. The van der Waals surface area contributed by atoms with Crippen LogP contribution in [0.2, 0.25) is 0 Å². The zero-order valence-corrected chi connectivity index (χ0v) is 18.1. The summed E-state index contributed by atoms with van der Waals surface area (Å²) in [5.41, 5.74) is 1.25. The van der Waals surface area contributed by atoms with E-state index in [-0.39, 0.29) is 18.6 Å². The Labute approximate surface area is 179 Å². The fourth-order valence-electron chi connectivity index (χ4n) is 4.04. The van der Waals surface area contributed by atoms with Gasteiger partial charge in [0.05, 0.1) is 13.7 Å². The smallest absolute Gasteiger partial charge is 0.257 e. The van der Waals surface area contributed by atoms with Crippen LogP contribution in [0.25, 0.3) is 0 Å². The Bertz CT molecular complexity index is 792. The summed E-state index contributed by atoms with van der Waals surface area (Å²) in [4.78, 5) is 14.7. The van der Waals surface area contributed by atoms with Gasteiger partial charge in [-0.2, -0.15) is 0 Å². The summed E-state index contributed by atoms with van der Waals surface area (Å²) < 4.78 is 16.3. The maximum atomic E-state index is 12.3. The predicted molar refractivity (Wildman–Crippen MR) is 117 cm³/mol. The van der Waals surface area contributed by atoms with Crippen LogP contribution in [0.5, 0.6) is 17.2 Å². The number of carbonyl (C=O) groups is 1. The molecule has 1 heterocycles. The molecule has 0 aliphatic carbocycles. The molecule has 1 saturated heterocycles. The number of hydrogen-bond acceptors (Lipinski definition) is 5. The quantitative estimate of drug-likeness (QED) is 0.681. The summed E-state index contributed by atoms with van der Waals surface area (Å²) in [7, 11) is 3.83. The number of nitrogens with one attached hydrogen (secondary N) is 1. The number of nitrogens with zero attached hydrogens (tertiary/aromatic N) is 1. The first-order chi connectivity index (χ1) is 14.6. The molecule has 162 valence electrons. The SMILES string of the molecule is CCOc1ccc(OCC(=O)NCC2CCCN(C)C2c2ccc(OC)cc2)cc1. The van der Waals surface area contributed by atoms with E-state index in [1.807, 2.05) is 43.3 Å². The maximum absolute atomic E-state index is 12.3. The van der Waals surface area contributed by atoms with Gasteiger partial charge in [-0.15, -0.1) is 0 Å². The molecule has 1 amide bonds. The number of amides is 1. The van der Waals surface area contributed by atoms with Crippen molar-refractivity contribution in [2.45, 2.75) is 25.8 Å². The van der Waals surface area contributed by atoms with E-state index in [2.05, 4.69) is 29.4 Å². The first-order valence-electron chi connectivity index (χ1n) is 10.6. The van der Waals surface area contributed by atoms with Crippen molar-refractivity contribution in [2.75, 3.05) is 40.5 Å². The third kappa shape index (κ3) is 5.89. The molecule has 2 unspecified atom stereocenters. The largest absolute Gasteiger partial charge is 0.497 e. The van der Waals surface area contributed by atoms with Crippen LogP contribution in [0, 0.1) is 5.92 Å². The fraction of sp³-hybridized carbons (Fsp3) is 0.458. The monoisotopic (exact) mass is 412 g/mol. The van der Waals surface area contributed by atoms with Crippen LogP contribution in [0.15, 0.2) is 48.5 Å². The third-order valence-corrected chi connectivity index (χ3v) is 5.53. The van der Waals surface area contributed by atoms with Gasteiger partial charge in [0, 0.05) is 12.6 Å². The summed E-state index contributed by atoms with van der Waals surface area (Å²) in [6.45, 7) is 4.26. The van der Waals surface area contributed by atoms with Crippen LogP contribution in [0.3, 0.4) is 0 Å². The van der Waals surface area contributed by atoms with Crippen molar-refractivity contribution in [1.29, 1.82) is 0 Å². The Morgan fingerprint density at radius 3 is 2.30 bits per heavy atom. The minimum absolute atomic E-state index is 0.00371. The van der Waals surface area contributed by atoms with Crippen molar-refractivity contribution < 1.29 is 19.0 Å². The Kier molecular flexibility index (Phi) is 7.97. The van der Waals surface area contributed by atoms with Crippen molar-refractivity contribution in [3.8, 4) is 17.2 Å². The highest BCUT2D eigenvalue weighted by atomic mass is 16.5. The van der Waals surface area contributed by atoms with Crippen LogP contribution >= 0.6 is 0 Å². The summed E-state index contributed by atoms with van der Waals surface area (Å²) in [6.07, 6.45) is 2.22. The van der Waals surface area contributed by atoms with Gasteiger partial charge in [0.15, 0.2) is 6.61 Å². The predicted octanol–water partition coefficient (Wildman–Crippen LogP) is 3.67. The van der Waals surface area contributed by atoms with Gasteiger partial charge in [0.25, 0.3) is 5.91 Å². The third-order valence-electron chi connectivity index (χ3n) is 5.53. The molecular weight excluding hydrogens is 380 g/mol. The molecule has 2 aromatic carbocycles. The van der Waals surface area contributed by atoms with Crippen molar-refractivity contribution in [1.82, 2.24) is 10.2 Å². The Balaban J connectivity index is 1.52. The van der Waals surface area contributed by atoms with Crippen LogP contribution in [0.4, 0.5) is 0 Å². The van der Waals surface area contributed by atoms with Crippen LogP contribution in [0.1, 0.15) is 31.4 Å². The van der Waals surface area contributed by atoms with Crippen molar-refractivity contribution >= 4 is 5.91 Å². The van der Waals surface area contributed by atoms with E-state index in [1.54, 1.807) is 7.11 Å². The van der Waals surface area contributed by atoms with Gasteiger partial charge in [-0.25, -0.2) is 0 Å². The maximum Gasteiger partial charge on any atom is 0.257 e. The summed E-state index contributed by atoms with van der Waals surface area (Å²) in [5.74, 6) is 2.55. The van der Waals surface area contributed by atoms with Crippen molar-refractivity contribution in [3.63, 3.8) is 0 Å². The topological polar surface area (TPSA) is 60.0 Å². The lowest BCUT2D eigenvalue weighted by atomic mass is 9.85. The lowest BCUT2D eigenvalue weighted by Gasteiger charge is -2.39. The van der Waals surface area contributed by atoms with E-state index in [0.29, 0.717) is 24.8 Å². The number of hydrogen-bond donors (Lipinski definition) is 1. The summed E-state index contributed by atoms with van der Waals surface area (Å²) in [6, 6.07) is 15.8. The molecule has 1 fully saturated rings. The average Bonchev–Trinajstić information content (AvgIpc) is 2.77. The molecule has 30 heavy (non-hydrogen) atoms. The molecule has 0 bridgehead atoms. The van der Waals surface area contributed by atoms with Gasteiger partial charge in [0.2, 0.25) is 0 Å². The zero-order chi connectivity index (χ0) is 21.3. The van der Waals surface area contributed by atoms with Crippen LogP contribution < -0.4 is 19.5 Å². The molecule has 0 aromatic heterocycles. The molecule has 0 spiro atoms. The number of likely N-dealkylation sites (tertiary alicyclic amines) is 1. The molecule has 6 heteroatoms. The number of carbonyl (C=O) groups excluding carboxylic acids is 1. The van der Waals surface area contributed by atoms with E-state index in [1.165, 1.54) is 5.56 Å². The lowest BCUT2D eigenvalue weighted by molar-refractivity contribution is -0.123. The van der Waals surface area contributed by atoms with E-state index in [4.69, 9.17) is 14.2 Å². The highest BCUT2D eigenvalue weighted by molar-refractivity contribution is 5.77. The van der Waals surface area contributed by atoms with Gasteiger partial charge in [-0.05, 0) is 81.2 Å². The second kappa shape index (κ2) is 10.9. The molecule has 2 atom stereocenters. The van der Waals surface area contributed by atoms with Crippen LogP contribution in [-0.2, 0) is 4.79 Å². The molecule has 1 aliphatic rings. The summed E-state index contributed by atoms with van der Waals surface area (Å²) in [5, 5.41) is 3.06. The van der Waals surface area contributed by atoms with E-state index >= 15 is 0 Å². The minimum atomic E-state index is -0.106. The molecule has 6 nitrogen and oxygen atoms in total. The normalized spacial score (nSPS) is 19.2. The number of ether oxygens (including phenoxy) is 3. The molecule has 3 rings (SSSR count). The average molecular weight is 413 g/mol. The molecule has 1 aliphatic heterocycles. The van der Waals surface area contributed by atoms with E-state index < -0.39 is 0 Å². The van der Waals surface area contributed by atoms with Gasteiger partial charge in [-0.3, -0.25) is 9.69 Å². The second-order valence-corrected chi connectivity index (χ2v) is 7.60. The van der Waals surface area contributed by atoms with Crippen molar-refractivity contribution in [2.24, 2.45) is 5.92 Å². The Morgan fingerprint density at radius 1 is 1.03 bits per heavy atom. The molecule has 2 aromatic rings. The minimum Gasteiger partial charge on any atom is -0.497 e. The lowest BCUT2D eigenvalue weighted by Crippen LogP contribution is -2.42. The van der Waals surface area contributed by atoms with Gasteiger partial charge in [-0.1, -0.05) is 12.1 Å². The van der Waals surface area contributed by atoms with E-state index in [0.717, 1.165) is 30.9 Å².